The molecule has 0 spiro atoms. The number of hydrogen-bond acceptors (Lipinski definition) is 2. The summed E-state index contributed by atoms with van der Waals surface area (Å²) in [5.41, 5.74) is 8.16. The van der Waals surface area contributed by atoms with Gasteiger partial charge in [-0.2, -0.15) is 0 Å². The lowest BCUT2D eigenvalue weighted by Crippen LogP contribution is -2.27. The van der Waals surface area contributed by atoms with E-state index in [1.165, 1.54) is 12.0 Å². The van der Waals surface area contributed by atoms with Crippen LogP contribution in [0.15, 0.2) is 24.3 Å². The Morgan fingerprint density at radius 2 is 1.89 bits per heavy atom. The summed E-state index contributed by atoms with van der Waals surface area (Å²) in [7, 11) is 4.29. The van der Waals surface area contributed by atoms with Crippen LogP contribution in [0.4, 0.5) is 5.69 Å². The van der Waals surface area contributed by atoms with E-state index in [1.807, 2.05) is 6.07 Å². The van der Waals surface area contributed by atoms with E-state index in [0.717, 1.165) is 12.2 Å². The molecule has 2 nitrogen and oxygen atoms in total. The van der Waals surface area contributed by atoms with Crippen LogP contribution in [0.3, 0.4) is 0 Å². The van der Waals surface area contributed by atoms with Gasteiger partial charge in [0.1, 0.15) is 0 Å². The number of anilines is 1. The summed E-state index contributed by atoms with van der Waals surface area (Å²) in [6, 6.07) is 8.37. The van der Waals surface area contributed by atoms with E-state index < -0.39 is 0 Å². The molecule has 0 heterocycles. The molecule has 0 radical (unpaired) electrons. The third kappa shape index (κ3) is 4.02. The Hall–Kier alpha value is -1.02. The van der Waals surface area contributed by atoms with Crippen molar-refractivity contribution in [2.24, 2.45) is 11.8 Å². The fourth-order valence-electron chi connectivity index (χ4n) is 2.84. The van der Waals surface area contributed by atoms with Crippen LogP contribution in [0.5, 0.6) is 0 Å². The first-order valence-electron chi connectivity index (χ1n) is 6.95. The molecule has 1 aromatic rings. The van der Waals surface area contributed by atoms with Crippen molar-refractivity contribution in [2.45, 2.75) is 33.1 Å². The molecule has 0 aromatic heterocycles. The first-order chi connectivity index (χ1) is 8.45. The molecule has 1 aromatic carbocycles. The Bertz CT molecular complexity index is 360. The van der Waals surface area contributed by atoms with E-state index in [9.17, 15) is 0 Å². The molecule has 0 saturated carbocycles. The lowest BCUT2D eigenvalue weighted by Gasteiger charge is -2.30. The fourth-order valence-corrected chi connectivity index (χ4v) is 2.84. The van der Waals surface area contributed by atoms with E-state index in [4.69, 9.17) is 5.73 Å². The zero-order chi connectivity index (χ0) is 13.7. The van der Waals surface area contributed by atoms with E-state index in [-0.39, 0.29) is 0 Å². The molecule has 0 aliphatic carbocycles. The van der Waals surface area contributed by atoms with Crippen LogP contribution < -0.4 is 5.73 Å². The number of nitrogen functional groups attached to an aromatic ring is 1. The van der Waals surface area contributed by atoms with Crippen LogP contribution in [0.25, 0.3) is 0 Å². The Kier molecular flexibility index (Phi) is 5.67. The summed E-state index contributed by atoms with van der Waals surface area (Å²) in [6.45, 7) is 8.12. The first kappa shape index (κ1) is 15.0. The van der Waals surface area contributed by atoms with Crippen molar-refractivity contribution in [1.82, 2.24) is 4.90 Å². The lowest BCUT2D eigenvalue weighted by molar-refractivity contribution is 0.244. The topological polar surface area (TPSA) is 29.3 Å². The predicted octanol–water partition coefficient (Wildman–Crippen LogP) is 3.60. The average Bonchev–Trinajstić information content (AvgIpc) is 2.29. The highest BCUT2D eigenvalue weighted by Gasteiger charge is 2.23. The van der Waals surface area contributed by atoms with Crippen molar-refractivity contribution in [2.75, 3.05) is 26.4 Å². The second-order valence-corrected chi connectivity index (χ2v) is 5.78. The molecular weight excluding hydrogens is 220 g/mol. The second kappa shape index (κ2) is 6.79. The highest BCUT2D eigenvalue weighted by atomic mass is 15.1. The van der Waals surface area contributed by atoms with Gasteiger partial charge in [0.15, 0.2) is 0 Å². The molecule has 0 bridgehead atoms. The summed E-state index contributed by atoms with van der Waals surface area (Å²) < 4.78 is 0. The normalized spacial score (nSPS) is 16.6. The Labute approximate surface area is 112 Å². The van der Waals surface area contributed by atoms with E-state index in [1.54, 1.807) is 0 Å². The summed E-state index contributed by atoms with van der Waals surface area (Å²) >= 11 is 0. The SMILES string of the molecule is CCC(c1cccc(N)c1)[C@@H](C)C(C)CN(C)C. The van der Waals surface area contributed by atoms with Gasteiger partial charge in [0, 0.05) is 12.2 Å². The summed E-state index contributed by atoms with van der Waals surface area (Å²) in [6.07, 6.45) is 1.17. The van der Waals surface area contributed by atoms with Gasteiger partial charge in [-0.15, -0.1) is 0 Å². The third-order valence-corrected chi connectivity index (χ3v) is 3.96. The molecule has 2 heteroatoms. The first-order valence-corrected chi connectivity index (χ1v) is 6.95. The average molecular weight is 248 g/mol. The Balaban J connectivity index is 2.82. The highest BCUT2D eigenvalue weighted by molar-refractivity contribution is 5.42. The predicted molar refractivity (Wildman–Crippen MR) is 80.8 cm³/mol. The number of hydrogen-bond donors (Lipinski definition) is 1. The molecular formula is C16H28N2. The number of rotatable bonds is 6. The van der Waals surface area contributed by atoms with Crippen molar-refractivity contribution in [1.29, 1.82) is 0 Å². The minimum Gasteiger partial charge on any atom is -0.399 e. The van der Waals surface area contributed by atoms with Crippen molar-refractivity contribution in [3.05, 3.63) is 29.8 Å². The van der Waals surface area contributed by atoms with Crippen molar-refractivity contribution < 1.29 is 0 Å². The standard InChI is InChI=1S/C16H28N2/c1-6-16(13(3)12(2)11-18(4)5)14-8-7-9-15(17)10-14/h7-10,12-13,16H,6,11,17H2,1-5H3/t12?,13-,16?/m0/s1. The van der Waals surface area contributed by atoms with Gasteiger partial charge in [0.25, 0.3) is 0 Å². The number of nitrogens with two attached hydrogens (primary N) is 1. The zero-order valence-corrected chi connectivity index (χ0v) is 12.5. The Morgan fingerprint density at radius 1 is 1.22 bits per heavy atom. The third-order valence-electron chi connectivity index (χ3n) is 3.96. The molecule has 0 aliphatic heterocycles. The van der Waals surface area contributed by atoms with Crippen molar-refractivity contribution in [3.8, 4) is 0 Å². The van der Waals surface area contributed by atoms with Crippen LogP contribution in [0.2, 0.25) is 0 Å². The van der Waals surface area contributed by atoms with Crippen LogP contribution in [-0.4, -0.2) is 25.5 Å². The molecule has 18 heavy (non-hydrogen) atoms. The largest absolute Gasteiger partial charge is 0.399 e. The van der Waals surface area contributed by atoms with Crippen molar-refractivity contribution >= 4 is 5.69 Å². The minimum atomic E-state index is 0.600. The van der Waals surface area contributed by atoms with Crippen LogP contribution in [-0.2, 0) is 0 Å². The van der Waals surface area contributed by atoms with Gasteiger partial charge in [0.05, 0.1) is 0 Å². The van der Waals surface area contributed by atoms with Gasteiger partial charge in [-0.1, -0.05) is 32.9 Å². The molecule has 3 atom stereocenters. The highest BCUT2D eigenvalue weighted by Crippen LogP contribution is 2.33. The van der Waals surface area contributed by atoms with Gasteiger partial charge in [-0.25, -0.2) is 0 Å². The smallest absolute Gasteiger partial charge is 0.0316 e. The van der Waals surface area contributed by atoms with Crippen molar-refractivity contribution in [3.63, 3.8) is 0 Å². The maximum absolute atomic E-state index is 5.90. The summed E-state index contributed by atoms with van der Waals surface area (Å²) in [5.74, 6) is 1.95. The number of benzene rings is 1. The molecule has 1 rings (SSSR count). The zero-order valence-electron chi connectivity index (χ0n) is 12.5. The molecule has 102 valence electrons. The maximum atomic E-state index is 5.90. The van der Waals surface area contributed by atoms with E-state index >= 15 is 0 Å². The summed E-state index contributed by atoms with van der Waals surface area (Å²) in [5, 5.41) is 0. The molecule has 2 unspecified atom stereocenters. The van der Waals surface area contributed by atoms with E-state index in [0.29, 0.717) is 17.8 Å². The molecule has 0 amide bonds. The van der Waals surface area contributed by atoms with Crippen LogP contribution >= 0.6 is 0 Å². The number of nitrogens with zero attached hydrogens (tertiary/aromatic N) is 1. The minimum absolute atomic E-state index is 0.600. The Morgan fingerprint density at radius 3 is 2.39 bits per heavy atom. The monoisotopic (exact) mass is 248 g/mol. The molecule has 0 saturated heterocycles. The van der Waals surface area contributed by atoms with Gasteiger partial charge in [-0.3, -0.25) is 0 Å². The van der Waals surface area contributed by atoms with E-state index in [2.05, 4.69) is 58.0 Å². The molecule has 2 N–H and O–H groups in total. The van der Waals surface area contributed by atoms with Crippen LogP contribution in [0, 0.1) is 11.8 Å². The van der Waals surface area contributed by atoms with Gasteiger partial charge >= 0.3 is 0 Å². The second-order valence-electron chi connectivity index (χ2n) is 5.78. The summed E-state index contributed by atoms with van der Waals surface area (Å²) in [4.78, 5) is 2.27. The maximum Gasteiger partial charge on any atom is 0.0316 e. The van der Waals surface area contributed by atoms with Gasteiger partial charge < -0.3 is 10.6 Å². The lowest BCUT2D eigenvalue weighted by atomic mass is 9.78. The quantitative estimate of drug-likeness (QED) is 0.779. The van der Waals surface area contributed by atoms with Gasteiger partial charge in [0.2, 0.25) is 0 Å². The molecule has 0 aliphatic rings. The fraction of sp³-hybridized carbons (Fsp3) is 0.625. The molecule has 0 fully saturated rings. The van der Waals surface area contributed by atoms with Crippen LogP contribution in [0.1, 0.15) is 38.7 Å². The van der Waals surface area contributed by atoms with Gasteiger partial charge in [-0.05, 0) is 56.0 Å².